The standard InChI is InChI=1S/C19H19N3O5S3/c1-11(2)30(25,26)17-14(16(18(24)27-3)29-19(17)28-4)22-21-13(10-20)15(23)12-8-6-5-7-9-12/h5-9,11,22H,1-4H3. The van der Waals surface area contributed by atoms with Gasteiger partial charge in [-0.2, -0.15) is 10.4 Å². The predicted octanol–water partition coefficient (Wildman–Crippen LogP) is 3.61. The summed E-state index contributed by atoms with van der Waals surface area (Å²) in [6.07, 6.45) is 1.68. The number of hydrogen-bond acceptors (Lipinski definition) is 10. The number of hydrazone groups is 1. The first-order valence-corrected chi connectivity index (χ1v) is 12.1. The lowest BCUT2D eigenvalue weighted by Gasteiger charge is -2.11. The van der Waals surface area contributed by atoms with Crippen LogP contribution in [-0.4, -0.2) is 44.5 Å². The molecule has 0 aliphatic heterocycles. The molecule has 1 N–H and O–H groups in total. The van der Waals surface area contributed by atoms with Crippen LogP contribution in [-0.2, 0) is 14.6 Å². The summed E-state index contributed by atoms with van der Waals surface area (Å²) < 4.78 is 31.0. The van der Waals surface area contributed by atoms with Gasteiger partial charge in [0.1, 0.15) is 21.5 Å². The van der Waals surface area contributed by atoms with Crippen molar-refractivity contribution >= 4 is 56.1 Å². The van der Waals surface area contributed by atoms with E-state index < -0.39 is 32.6 Å². The molecule has 0 fully saturated rings. The van der Waals surface area contributed by atoms with Gasteiger partial charge in [0.2, 0.25) is 11.5 Å². The number of nitrogens with one attached hydrogen (secondary N) is 1. The Balaban J connectivity index is 2.63. The van der Waals surface area contributed by atoms with E-state index in [0.717, 1.165) is 23.1 Å². The Bertz CT molecular complexity index is 1130. The quantitative estimate of drug-likeness (QED) is 0.206. The number of benzene rings is 1. The number of carbonyl (C=O) groups excluding carboxylic acids is 2. The summed E-state index contributed by atoms with van der Waals surface area (Å²) in [6.45, 7) is 3.03. The second kappa shape index (κ2) is 9.88. The summed E-state index contributed by atoms with van der Waals surface area (Å²) in [5, 5.41) is 12.4. The van der Waals surface area contributed by atoms with E-state index in [1.165, 1.54) is 33.1 Å². The Morgan fingerprint density at radius 2 is 1.90 bits per heavy atom. The van der Waals surface area contributed by atoms with Gasteiger partial charge in [0, 0.05) is 5.56 Å². The van der Waals surface area contributed by atoms with Gasteiger partial charge in [-0.1, -0.05) is 30.3 Å². The number of nitrogens with zero attached hydrogens (tertiary/aromatic N) is 2. The van der Waals surface area contributed by atoms with E-state index in [0.29, 0.717) is 4.21 Å². The lowest BCUT2D eigenvalue weighted by molar-refractivity contribution is 0.0607. The van der Waals surface area contributed by atoms with Crippen LogP contribution < -0.4 is 5.43 Å². The zero-order valence-electron chi connectivity index (χ0n) is 16.6. The van der Waals surface area contributed by atoms with Crippen molar-refractivity contribution in [1.29, 1.82) is 5.26 Å². The number of carbonyl (C=O) groups is 2. The summed E-state index contributed by atoms with van der Waals surface area (Å²) in [6, 6.07) is 9.76. The first-order valence-electron chi connectivity index (χ1n) is 8.55. The fourth-order valence-corrected chi connectivity index (χ4v) is 6.27. The number of anilines is 1. The van der Waals surface area contributed by atoms with Gasteiger partial charge in [-0.15, -0.1) is 23.1 Å². The highest BCUT2D eigenvalue weighted by atomic mass is 32.2. The minimum absolute atomic E-state index is 0.0192. The highest BCUT2D eigenvalue weighted by Crippen LogP contribution is 2.43. The number of rotatable bonds is 8. The van der Waals surface area contributed by atoms with E-state index in [4.69, 9.17) is 4.74 Å². The van der Waals surface area contributed by atoms with Gasteiger partial charge >= 0.3 is 5.97 Å². The minimum Gasteiger partial charge on any atom is -0.465 e. The van der Waals surface area contributed by atoms with Crippen LogP contribution >= 0.6 is 23.1 Å². The van der Waals surface area contributed by atoms with Crippen LogP contribution in [0.2, 0.25) is 0 Å². The molecule has 2 rings (SSSR count). The van der Waals surface area contributed by atoms with Crippen molar-refractivity contribution in [3.05, 3.63) is 40.8 Å². The van der Waals surface area contributed by atoms with Crippen LogP contribution in [0.3, 0.4) is 0 Å². The molecule has 0 atom stereocenters. The monoisotopic (exact) mass is 465 g/mol. The number of esters is 1. The van der Waals surface area contributed by atoms with E-state index in [1.54, 1.807) is 30.5 Å². The van der Waals surface area contributed by atoms with Gasteiger partial charge in [-0.25, -0.2) is 13.2 Å². The van der Waals surface area contributed by atoms with Crippen molar-refractivity contribution in [2.45, 2.75) is 28.2 Å². The zero-order valence-corrected chi connectivity index (χ0v) is 19.1. The molecule has 0 aliphatic rings. The molecule has 11 heteroatoms. The smallest absolute Gasteiger partial charge is 0.350 e. The number of ether oxygens (including phenoxy) is 1. The van der Waals surface area contributed by atoms with Crippen molar-refractivity contribution < 1.29 is 22.7 Å². The molecule has 1 aromatic heterocycles. The van der Waals surface area contributed by atoms with E-state index in [-0.39, 0.29) is 21.0 Å². The Labute approximate surface area is 182 Å². The third-order valence-electron chi connectivity index (χ3n) is 3.93. The van der Waals surface area contributed by atoms with Gasteiger partial charge in [0.15, 0.2) is 9.84 Å². The largest absolute Gasteiger partial charge is 0.465 e. The maximum atomic E-state index is 12.9. The summed E-state index contributed by atoms with van der Waals surface area (Å²) >= 11 is 2.09. The Morgan fingerprint density at radius 3 is 2.40 bits per heavy atom. The van der Waals surface area contributed by atoms with Crippen molar-refractivity contribution in [2.75, 3.05) is 18.8 Å². The molecule has 0 saturated heterocycles. The molecule has 0 aliphatic carbocycles. The number of nitriles is 1. The van der Waals surface area contributed by atoms with Crippen molar-refractivity contribution in [3.63, 3.8) is 0 Å². The van der Waals surface area contributed by atoms with Gasteiger partial charge in [-0.3, -0.25) is 10.2 Å². The average Bonchev–Trinajstić information content (AvgIpc) is 3.13. The number of hydrogen-bond donors (Lipinski definition) is 1. The molecule has 158 valence electrons. The van der Waals surface area contributed by atoms with E-state index in [9.17, 15) is 23.3 Å². The molecule has 2 aromatic rings. The van der Waals surface area contributed by atoms with E-state index in [2.05, 4.69) is 10.5 Å². The molecule has 0 unspecified atom stereocenters. The first-order chi connectivity index (χ1) is 14.2. The van der Waals surface area contributed by atoms with Gasteiger partial charge in [-0.05, 0) is 20.1 Å². The lowest BCUT2D eigenvalue weighted by Crippen LogP contribution is -2.18. The molecule has 1 aromatic carbocycles. The second-order valence-corrected chi connectivity index (χ2v) is 10.6. The Kier molecular flexibility index (Phi) is 7.77. The third-order valence-corrected chi connectivity index (χ3v) is 8.70. The van der Waals surface area contributed by atoms with Crippen molar-refractivity contribution in [3.8, 4) is 6.07 Å². The van der Waals surface area contributed by atoms with E-state index in [1.807, 2.05) is 0 Å². The van der Waals surface area contributed by atoms with Crippen LogP contribution in [0.4, 0.5) is 5.69 Å². The fourth-order valence-electron chi connectivity index (χ4n) is 2.33. The summed E-state index contributed by atoms with van der Waals surface area (Å²) in [5.41, 5.74) is 2.13. The lowest BCUT2D eigenvalue weighted by atomic mass is 10.1. The summed E-state index contributed by atoms with van der Waals surface area (Å²) in [5.74, 6) is -1.40. The SMILES string of the molecule is COC(=O)c1sc(SC)c(S(=O)(=O)C(C)C)c1NN=C(C#N)C(=O)c1ccccc1. The number of methoxy groups -OCH3 is 1. The second-order valence-electron chi connectivity index (χ2n) is 6.09. The van der Waals surface area contributed by atoms with Crippen LogP contribution in [0.1, 0.15) is 33.9 Å². The molecule has 0 amide bonds. The van der Waals surface area contributed by atoms with Crippen LogP contribution in [0, 0.1) is 11.3 Å². The van der Waals surface area contributed by atoms with Gasteiger partial charge < -0.3 is 4.74 Å². The highest BCUT2D eigenvalue weighted by molar-refractivity contribution is 8.01. The van der Waals surface area contributed by atoms with Gasteiger partial charge in [0.05, 0.1) is 16.6 Å². The van der Waals surface area contributed by atoms with Crippen LogP contribution in [0.15, 0.2) is 44.5 Å². The molecule has 0 radical (unpaired) electrons. The van der Waals surface area contributed by atoms with E-state index >= 15 is 0 Å². The predicted molar refractivity (Wildman–Crippen MR) is 117 cm³/mol. The third kappa shape index (κ3) is 4.72. The Hall–Kier alpha value is -2.68. The number of Topliss-reactive ketones (excluding diaryl/α,β-unsaturated/α-hetero) is 1. The van der Waals surface area contributed by atoms with Crippen molar-refractivity contribution in [2.24, 2.45) is 5.10 Å². The number of ketones is 1. The maximum Gasteiger partial charge on any atom is 0.350 e. The number of sulfone groups is 1. The molecular weight excluding hydrogens is 446 g/mol. The molecule has 8 nitrogen and oxygen atoms in total. The van der Waals surface area contributed by atoms with Crippen LogP contribution in [0.5, 0.6) is 0 Å². The molecule has 0 spiro atoms. The maximum absolute atomic E-state index is 12.9. The first kappa shape index (κ1) is 23.6. The fraction of sp³-hybridized carbons (Fsp3) is 0.263. The highest BCUT2D eigenvalue weighted by Gasteiger charge is 2.33. The van der Waals surface area contributed by atoms with Gasteiger partial charge in [0.25, 0.3) is 0 Å². The minimum atomic E-state index is -3.82. The zero-order chi connectivity index (χ0) is 22.5. The Morgan fingerprint density at radius 1 is 1.27 bits per heavy atom. The molecule has 1 heterocycles. The number of thiophene rings is 1. The van der Waals surface area contributed by atoms with Crippen LogP contribution in [0.25, 0.3) is 0 Å². The summed E-state index contributed by atoms with van der Waals surface area (Å²) in [7, 11) is -2.65. The normalized spacial score (nSPS) is 11.8. The number of thioether (sulfide) groups is 1. The molecule has 0 bridgehead atoms. The summed E-state index contributed by atoms with van der Waals surface area (Å²) in [4.78, 5) is 24.6. The molecule has 0 saturated carbocycles. The van der Waals surface area contributed by atoms with Crippen molar-refractivity contribution in [1.82, 2.24) is 0 Å². The molecular formula is C19H19N3O5S3. The molecule has 30 heavy (non-hydrogen) atoms. The topological polar surface area (TPSA) is 126 Å². The average molecular weight is 466 g/mol.